The van der Waals surface area contributed by atoms with E-state index < -0.39 is 0 Å². The van der Waals surface area contributed by atoms with Crippen LogP contribution in [0.5, 0.6) is 0 Å². The second-order valence-electron chi connectivity index (χ2n) is 5.89. The first kappa shape index (κ1) is 13.7. The largest absolute Gasteiger partial charge is 0.351 e. The van der Waals surface area contributed by atoms with Crippen LogP contribution >= 0.6 is 0 Å². The minimum atomic E-state index is -0.212. The molecule has 1 saturated carbocycles. The Hall–Kier alpha value is -1.23. The predicted octanol–water partition coefficient (Wildman–Crippen LogP) is 2.15. The summed E-state index contributed by atoms with van der Waals surface area (Å²) in [6.45, 7) is 5.03. The summed E-state index contributed by atoms with van der Waals surface area (Å²) in [6.07, 6.45) is 6.81. The third-order valence-corrected chi connectivity index (χ3v) is 4.35. The molecule has 0 radical (unpaired) electrons. The second-order valence-corrected chi connectivity index (χ2v) is 5.89. The lowest BCUT2D eigenvalue weighted by Gasteiger charge is -2.31. The molecule has 0 atom stereocenters. The number of halogens is 1. The SMILES string of the molecule is CCc1ncnc(N(CC2CCNCC2)C2CC2)c1F. The molecule has 3 rings (SSSR count). The molecule has 20 heavy (non-hydrogen) atoms. The third-order valence-electron chi connectivity index (χ3n) is 4.35. The van der Waals surface area contributed by atoms with Gasteiger partial charge in [-0.25, -0.2) is 14.4 Å². The van der Waals surface area contributed by atoms with Crippen molar-refractivity contribution in [2.45, 2.75) is 45.1 Å². The number of piperidine rings is 1. The Morgan fingerprint density at radius 2 is 2.00 bits per heavy atom. The molecule has 0 amide bonds. The fourth-order valence-corrected chi connectivity index (χ4v) is 2.98. The van der Waals surface area contributed by atoms with Crippen molar-refractivity contribution in [3.8, 4) is 0 Å². The van der Waals surface area contributed by atoms with Crippen LogP contribution < -0.4 is 10.2 Å². The number of aromatic nitrogens is 2. The summed E-state index contributed by atoms with van der Waals surface area (Å²) >= 11 is 0. The lowest BCUT2D eigenvalue weighted by molar-refractivity contribution is 0.370. The van der Waals surface area contributed by atoms with Crippen molar-refractivity contribution in [2.24, 2.45) is 5.92 Å². The summed E-state index contributed by atoms with van der Waals surface area (Å²) in [5.41, 5.74) is 0.533. The van der Waals surface area contributed by atoms with Crippen LogP contribution in [0.4, 0.5) is 10.2 Å². The topological polar surface area (TPSA) is 41.1 Å². The van der Waals surface area contributed by atoms with E-state index in [4.69, 9.17) is 0 Å². The quantitative estimate of drug-likeness (QED) is 0.896. The first-order valence-corrected chi connectivity index (χ1v) is 7.76. The molecular weight excluding hydrogens is 255 g/mol. The van der Waals surface area contributed by atoms with Gasteiger partial charge in [-0.05, 0) is 51.1 Å². The number of rotatable bonds is 5. The number of nitrogens with one attached hydrogen (secondary N) is 1. The molecular formula is C15H23FN4. The van der Waals surface area contributed by atoms with Crippen LogP contribution in [0.2, 0.25) is 0 Å². The maximum Gasteiger partial charge on any atom is 0.187 e. The summed E-state index contributed by atoms with van der Waals surface area (Å²) in [6, 6.07) is 0.485. The summed E-state index contributed by atoms with van der Waals surface area (Å²) in [5.74, 6) is 0.963. The van der Waals surface area contributed by atoms with Gasteiger partial charge in [0.15, 0.2) is 11.6 Å². The zero-order valence-corrected chi connectivity index (χ0v) is 12.1. The maximum absolute atomic E-state index is 14.5. The molecule has 1 aliphatic heterocycles. The Morgan fingerprint density at radius 1 is 1.25 bits per heavy atom. The van der Waals surface area contributed by atoms with Gasteiger partial charge in [-0.1, -0.05) is 6.92 Å². The fourth-order valence-electron chi connectivity index (χ4n) is 2.98. The Kier molecular flexibility index (Phi) is 4.15. The first-order valence-electron chi connectivity index (χ1n) is 7.76. The van der Waals surface area contributed by atoms with Crippen LogP contribution in [0.3, 0.4) is 0 Å². The fraction of sp³-hybridized carbons (Fsp3) is 0.733. The number of hydrogen-bond donors (Lipinski definition) is 1. The molecule has 2 fully saturated rings. The van der Waals surface area contributed by atoms with E-state index in [0.717, 1.165) is 32.5 Å². The van der Waals surface area contributed by atoms with E-state index in [2.05, 4.69) is 20.2 Å². The van der Waals surface area contributed by atoms with E-state index in [1.165, 1.54) is 19.2 Å². The van der Waals surface area contributed by atoms with Gasteiger partial charge in [0.05, 0.1) is 5.69 Å². The number of nitrogens with zero attached hydrogens (tertiary/aromatic N) is 3. The first-order chi connectivity index (χ1) is 9.79. The van der Waals surface area contributed by atoms with Crippen molar-refractivity contribution in [2.75, 3.05) is 24.5 Å². The van der Waals surface area contributed by atoms with E-state index in [1.807, 2.05) is 6.92 Å². The lowest BCUT2D eigenvalue weighted by atomic mass is 9.97. The predicted molar refractivity (Wildman–Crippen MR) is 77.3 cm³/mol. The zero-order valence-electron chi connectivity index (χ0n) is 12.1. The molecule has 1 N–H and O–H groups in total. The second kappa shape index (κ2) is 6.04. The average Bonchev–Trinajstić information content (AvgIpc) is 3.31. The normalized spacial score (nSPS) is 20.1. The Bertz CT molecular complexity index is 455. The summed E-state index contributed by atoms with van der Waals surface area (Å²) in [7, 11) is 0. The molecule has 2 aliphatic rings. The molecule has 0 unspecified atom stereocenters. The molecule has 0 spiro atoms. The van der Waals surface area contributed by atoms with Crippen molar-refractivity contribution < 1.29 is 4.39 Å². The van der Waals surface area contributed by atoms with Gasteiger partial charge in [0.25, 0.3) is 0 Å². The Labute approximate surface area is 119 Å². The highest BCUT2D eigenvalue weighted by molar-refractivity contribution is 5.44. The Morgan fingerprint density at radius 3 is 2.65 bits per heavy atom. The number of hydrogen-bond acceptors (Lipinski definition) is 4. The van der Waals surface area contributed by atoms with Crippen LogP contribution in [0.25, 0.3) is 0 Å². The third kappa shape index (κ3) is 2.92. The molecule has 4 nitrogen and oxygen atoms in total. The minimum Gasteiger partial charge on any atom is -0.351 e. The van der Waals surface area contributed by atoms with Gasteiger partial charge in [-0.15, -0.1) is 0 Å². The van der Waals surface area contributed by atoms with Gasteiger partial charge in [-0.3, -0.25) is 0 Å². The smallest absolute Gasteiger partial charge is 0.187 e. The van der Waals surface area contributed by atoms with Gasteiger partial charge >= 0.3 is 0 Å². The van der Waals surface area contributed by atoms with Gasteiger partial charge in [0, 0.05) is 12.6 Å². The van der Waals surface area contributed by atoms with Crippen molar-refractivity contribution in [3.05, 3.63) is 17.8 Å². The summed E-state index contributed by atoms with van der Waals surface area (Å²) in [4.78, 5) is 10.5. The van der Waals surface area contributed by atoms with E-state index >= 15 is 0 Å². The average molecular weight is 278 g/mol. The van der Waals surface area contributed by atoms with Crippen LogP contribution in [0.1, 0.15) is 38.3 Å². The molecule has 1 aromatic heterocycles. The van der Waals surface area contributed by atoms with Crippen LogP contribution in [-0.4, -0.2) is 35.6 Å². The van der Waals surface area contributed by atoms with Crippen molar-refractivity contribution in [1.82, 2.24) is 15.3 Å². The van der Waals surface area contributed by atoms with Crippen molar-refractivity contribution in [1.29, 1.82) is 0 Å². The highest BCUT2D eigenvalue weighted by atomic mass is 19.1. The van der Waals surface area contributed by atoms with Crippen LogP contribution in [0, 0.1) is 11.7 Å². The molecule has 2 heterocycles. The molecule has 0 bridgehead atoms. The standard InChI is InChI=1S/C15H23FN4/c1-2-13-14(16)15(19-10-18-13)20(12-3-4-12)9-11-5-7-17-8-6-11/h10-12,17H,2-9H2,1H3. The highest BCUT2D eigenvalue weighted by Gasteiger charge is 2.33. The van der Waals surface area contributed by atoms with Gasteiger partial charge in [0.1, 0.15) is 6.33 Å². The highest BCUT2D eigenvalue weighted by Crippen LogP contribution is 2.34. The lowest BCUT2D eigenvalue weighted by Crippen LogP contribution is -2.38. The van der Waals surface area contributed by atoms with Crippen LogP contribution in [-0.2, 0) is 6.42 Å². The number of aryl methyl sites for hydroxylation is 1. The maximum atomic E-state index is 14.5. The van der Waals surface area contributed by atoms with E-state index in [1.54, 1.807) is 0 Å². The van der Waals surface area contributed by atoms with Gasteiger partial charge < -0.3 is 10.2 Å². The summed E-state index contributed by atoms with van der Waals surface area (Å²) < 4.78 is 14.5. The van der Waals surface area contributed by atoms with Crippen molar-refractivity contribution >= 4 is 5.82 Å². The summed E-state index contributed by atoms with van der Waals surface area (Å²) in [5, 5.41) is 3.38. The van der Waals surface area contributed by atoms with E-state index in [-0.39, 0.29) is 5.82 Å². The number of anilines is 1. The zero-order chi connectivity index (χ0) is 13.9. The minimum absolute atomic E-state index is 0.212. The molecule has 1 aromatic rings. The molecule has 110 valence electrons. The Balaban J connectivity index is 1.79. The molecule has 5 heteroatoms. The molecule has 1 saturated heterocycles. The van der Waals surface area contributed by atoms with E-state index in [0.29, 0.717) is 29.9 Å². The van der Waals surface area contributed by atoms with Gasteiger partial charge in [-0.2, -0.15) is 0 Å². The van der Waals surface area contributed by atoms with Crippen molar-refractivity contribution in [3.63, 3.8) is 0 Å². The van der Waals surface area contributed by atoms with Crippen LogP contribution in [0.15, 0.2) is 6.33 Å². The van der Waals surface area contributed by atoms with E-state index in [9.17, 15) is 4.39 Å². The molecule has 1 aliphatic carbocycles. The van der Waals surface area contributed by atoms with Gasteiger partial charge in [0.2, 0.25) is 0 Å². The monoisotopic (exact) mass is 278 g/mol. The molecule has 0 aromatic carbocycles.